The highest BCUT2D eigenvalue weighted by atomic mass is 32.2. The van der Waals surface area contributed by atoms with Crippen LogP contribution in [-0.2, 0) is 16.4 Å². The molecule has 2 heterocycles. The van der Waals surface area contributed by atoms with E-state index >= 15 is 4.39 Å². The van der Waals surface area contributed by atoms with Gasteiger partial charge >= 0.3 is 0 Å². The van der Waals surface area contributed by atoms with E-state index in [9.17, 15) is 8.42 Å². The van der Waals surface area contributed by atoms with Crippen molar-refractivity contribution >= 4 is 50.6 Å². The van der Waals surface area contributed by atoms with E-state index < -0.39 is 10.0 Å². The van der Waals surface area contributed by atoms with Gasteiger partial charge in [0, 0.05) is 50.9 Å². The van der Waals surface area contributed by atoms with Crippen molar-refractivity contribution in [3.63, 3.8) is 0 Å². The Morgan fingerprint density at radius 3 is 2.55 bits per heavy atom. The first-order chi connectivity index (χ1) is 18.2. The lowest BCUT2D eigenvalue weighted by Crippen LogP contribution is -2.44. The highest BCUT2D eigenvalue weighted by Crippen LogP contribution is 2.34. The fraction of sp³-hybridized carbons (Fsp3) is 0.333. The van der Waals surface area contributed by atoms with Crippen molar-refractivity contribution in [2.75, 3.05) is 65.9 Å². The van der Waals surface area contributed by atoms with E-state index in [1.807, 2.05) is 30.4 Å². The molecule has 38 heavy (non-hydrogen) atoms. The van der Waals surface area contributed by atoms with Gasteiger partial charge in [-0.05, 0) is 44.3 Å². The molecular weight excluding hydrogens is 505 g/mol. The van der Waals surface area contributed by atoms with Crippen LogP contribution in [0.5, 0.6) is 0 Å². The number of rotatable bonds is 8. The van der Waals surface area contributed by atoms with Gasteiger partial charge in [0.25, 0.3) is 0 Å². The second-order valence-electron chi connectivity index (χ2n) is 9.45. The molecule has 5 rings (SSSR count). The van der Waals surface area contributed by atoms with Crippen LogP contribution in [0.2, 0.25) is 0 Å². The van der Waals surface area contributed by atoms with Gasteiger partial charge in [0.1, 0.15) is 11.6 Å². The molecule has 200 valence electrons. The van der Waals surface area contributed by atoms with Crippen molar-refractivity contribution in [1.29, 1.82) is 0 Å². The molecule has 11 heteroatoms. The summed E-state index contributed by atoms with van der Waals surface area (Å²) in [5, 5.41) is 6.46. The zero-order valence-corrected chi connectivity index (χ0v) is 22.6. The molecular formula is C27H32FN7O2S. The molecule has 0 atom stereocenters. The molecule has 0 bridgehead atoms. The van der Waals surface area contributed by atoms with Gasteiger partial charge in [-0.15, -0.1) is 0 Å². The highest BCUT2D eigenvalue weighted by molar-refractivity contribution is 7.92. The first kappa shape index (κ1) is 25.9. The van der Waals surface area contributed by atoms with Crippen molar-refractivity contribution in [2.24, 2.45) is 0 Å². The molecule has 1 saturated heterocycles. The molecule has 1 aliphatic carbocycles. The summed E-state index contributed by atoms with van der Waals surface area (Å²) in [6.45, 7) is 4.98. The van der Waals surface area contributed by atoms with E-state index in [1.165, 1.54) is 17.4 Å². The number of fused-ring (bicyclic) bond motifs is 1. The smallest absolute Gasteiger partial charge is 0.234 e. The Labute approximate surface area is 223 Å². The van der Waals surface area contributed by atoms with Crippen molar-refractivity contribution in [1.82, 2.24) is 14.9 Å². The van der Waals surface area contributed by atoms with Crippen LogP contribution >= 0.6 is 0 Å². The van der Waals surface area contributed by atoms with Crippen LogP contribution in [0.3, 0.4) is 0 Å². The van der Waals surface area contributed by atoms with Crippen LogP contribution in [-0.4, -0.2) is 69.3 Å². The molecule has 0 amide bonds. The molecule has 1 aromatic heterocycles. The minimum Gasteiger partial charge on any atom is -0.367 e. The third-order valence-electron chi connectivity index (χ3n) is 6.95. The van der Waals surface area contributed by atoms with Gasteiger partial charge in [-0.3, -0.25) is 4.31 Å². The van der Waals surface area contributed by atoms with E-state index in [4.69, 9.17) is 0 Å². The summed E-state index contributed by atoms with van der Waals surface area (Å²) in [5.74, 6) is 0.556. The largest absolute Gasteiger partial charge is 0.367 e. The van der Waals surface area contributed by atoms with Crippen molar-refractivity contribution in [3.8, 4) is 0 Å². The SMILES string of the molecule is CCS(=O)(=O)N(C)c1ccccc1Nc1nc(Nc2ccc(N3CCN(C)CC3)c(F)c2)nc2c1C=CC2. The number of aromatic nitrogens is 2. The Balaban J connectivity index is 1.41. The zero-order valence-electron chi connectivity index (χ0n) is 21.8. The van der Waals surface area contributed by atoms with Crippen LogP contribution in [0.25, 0.3) is 6.08 Å². The minimum atomic E-state index is -3.45. The number of halogens is 1. The van der Waals surface area contributed by atoms with E-state index in [-0.39, 0.29) is 11.6 Å². The third kappa shape index (κ3) is 5.30. The minimum absolute atomic E-state index is 0.0122. The summed E-state index contributed by atoms with van der Waals surface area (Å²) in [7, 11) is 0.156. The van der Waals surface area contributed by atoms with Gasteiger partial charge in [0.05, 0.1) is 28.5 Å². The number of likely N-dealkylation sites (N-methyl/N-ethyl adjacent to an activating group) is 1. The fourth-order valence-corrected chi connectivity index (χ4v) is 5.47. The van der Waals surface area contributed by atoms with E-state index in [2.05, 4.69) is 37.4 Å². The number of sulfonamides is 1. The number of nitrogens with zero attached hydrogens (tertiary/aromatic N) is 5. The number of allylic oxidation sites excluding steroid dienone is 1. The Bertz CT molecular complexity index is 1470. The van der Waals surface area contributed by atoms with Gasteiger partial charge in [-0.25, -0.2) is 17.8 Å². The first-order valence-electron chi connectivity index (χ1n) is 12.7. The molecule has 1 aliphatic heterocycles. The van der Waals surface area contributed by atoms with Crippen LogP contribution < -0.4 is 19.8 Å². The molecule has 3 aromatic rings. The molecule has 0 spiro atoms. The summed E-state index contributed by atoms with van der Waals surface area (Å²) in [6, 6.07) is 12.3. The van der Waals surface area contributed by atoms with Gasteiger partial charge in [0.15, 0.2) is 0 Å². The summed E-state index contributed by atoms with van der Waals surface area (Å²) < 4.78 is 41.4. The maximum atomic E-state index is 15.1. The molecule has 9 nitrogen and oxygen atoms in total. The standard InChI is InChI=1S/C27H32FN7O2S/c1-4-38(36,37)34(3)25-11-6-5-9-23(25)30-26-20-8-7-10-22(20)31-27(32-26)29-19-12-13-24(21(28)18-19)35-16-14-33(2)15-17-35/h5-9,11-13,18H,4,10,14-17H2,1-3H3,(H2,29,30,31,32). The summed E-state index contributed by atoms with van der Waals surface area (Å²) in [5.41, 5.74) is 3.91. The second kappa shape index (κ2) is 10.6. The van der Waals surface area contributed by atoms with Crippen LogP contribution in [0.15, 0.2) is 48.5 Å². The monoisotopic (exact) mass is 537 g/mol. The van der Waals surface area contributed by atoms with Crippen molar-refractivity contribution in [3.05, 3.63) is 65.6 Å². The molecule has 2 N–H and O–H groups in total. The van der Waals surface area contributed by atoms with Crippen molar-refractivity contribution in [2.45, 2.75) is 13.3 Å². The van der Waals surface area contributed by atoms with Crippen LogP contribution in [0.1, 0.15) is 18.2 Å². The van der Waals surface area contributed by atoms with Crippen LogP contribution in [0.4, 0.5) is 38.9 Å². The third-order valence-corrected chi connectivity index (χ3v) is 8.71. The number of anilines is 6. The van der Waals surface area contributed by atoms with E-state index in [1.54, 1.807) is 25.1 Å². The normalized spacial score (nSPS) is 15.4. The lowest BCUT2D eigenvalue weighted by molar-refractivity contribution is 0.311. The highest BCUT2D eigenvalue weighted by Gasteiger charge is 2.22. The Hall–Kier alpha value is -3.70. The predicted octanol–water partition coefficient (Wildman–Crippen LogP) is 4.21. The van der Waals surface area contributed by atoms with Crippen LogP contribution in [0, 0.1) is 5.82 Å². The lowest BCUT2D eigenvalue weighted by atomic mass is 10.2. The molecule has 0 saturated carbocycles. The number of hydrogen-bond acceptors (Lipinski definition) is 8. The average Bonchev–Trinajstić information content (AvgIpc) is 3.38. The van der Waals surface area contributed by atoms with Gasteiger partial charge in [-0.1, -0.05) is 24.3 Å². The van der Waals surface area contributed by atoms with E-state index in [0.29, 0.717) is 40.9 Å². The topological polar surface area (TPSA) is 93.7 Å². The van der Waals surface area contributed by atoms with Crippen molar-refractivity contribution < 1.29 is 12.8 Å². The molecule has 1 fully saturated rings. The quantitative estimate of drug-likeness (QED) is 0.442. The molecule has 2 aliphatic rings. The second-order valence-corrected chi connectivity index (χ2v) is 11.7. The molecule has 0 unspecified atom stereocenters. The lowest BCUT2D eigenvalue weighted by Gasteiger charge is -2.34. The van der Waals surface area contributed by atoms with E-state index in [0.717, 1.165) is 37.4 Å². The number of benzene rings is 2. The maximum Gasteiger partial charge on any atom is 0.234 e. The summed E-state index contributed by atoms with van der Waals surface area (Å²) in [4.78, 5) is 13.6. The Morgan fingerprint density at radius 1 is 1.05 bits per heavy atom. The average molecular weight is 538 g/mol. The fourth-order valence-electron chi connectivity index (χ4n) is 4.63. The number of piperazine rings is 1. The summed E-state index contributed by atoms with van der Waals surface area (Å²) >= 11 is 0. The zero-order chi connectivity index (χ0) is 26.9. The predicted molar refractivity (Wildman–Crippen MR) is 152 cm³/mol. The summed E-state index contributed by atoms with van der Waals surface area (Å²) in [6.07, 6.45) is 4.59. The van der Waals surface area contributed by atoms with Gasteiger partial charge < -0.3 is 20.4 Å². The maximum absolute atomic E-state index is 15.1. The number of para-hydroxylation sites is 2. The first-order valence-corrected chi connectivity index (χ1v) is 14.3. The Kier molecular flexibility index (Phi) is 7.22. The number of nitrogens with one attached hydrogen (secondary N) is 2. The molecule has 0 radical (unpaired) electrons. The van der Waals surface area contributed by atoms with Gasteiger partial charge in [-0.2, -0.15) is 4.98 Å². The van der Waals surface area contributed by atoms with Gasteiger partial charge in [0.2, 0.25) is 16.0 Å². The molecule has 2 aromatic carbocycles. The number of hydrogen-bond donors (Lipinski definition) is 2. The Morgan fingerprint density at radius 2 is 1.82 bits per heavy atom.